The van der Waals surface area contributed by atoms with E-state index in [-0.39, 0.29) is 6.61 Å². The minimum Gasteiger partial charge on any atom is -0.489 e. The fourth-order valence-corrected chi connectivity index (χ4v) is 3.69. The summed E-state index contributed by atoms with van der Waals surface area (Å²) in [4.78, 5) is 10.8. The lowest BCUT2D eigenvalue weighted by molar-refractivity contribution is -0.139. The van der Waals surface area contributed by atoms with Crippen molar-refractivity contribution in [3.8, 4) is 11.5 Å². The van der Waals surface area contributed by atoms with Crippen LogP contribution in [0.25, 0.3) is 0 Å². The molecule has 0 spiro atoms. The maximum atomic E-state index is 10.8. The molecular formula is C29H36O4. The summed E-state index contributed by atoms with van der Waals surface area (Å²) >= 11 is 0. The van der Waals surface area contributed by atoms with E-state index in [0.29, 0.717) is 18.3 Å². The third kappa shape index (κ3) is 7.67. The molecule has 0 amide bonds. The number of aliphatic carboxylic acids is 1. The van der Waals surface area contributed by atoms with E-state index < -0.39 is 5.97 Å². The van der Waals surface area contributed by atoms with Gasteiger partial charge in [-0.25, -0.2) is 4.79 Å². The summed E-state index contributed by atoms with van der Waals surface area (Å²) < 4.78 is 11.5. The van der Waals surface area contributed by atoms with E-state index in [2.05, 4.69) is 44.2 Å². The Kier molecular flexibility index (Phi) is 9.99. The smallest absolute Gasteiger partial charge is 0.341 e. The molecule has 0 aromatic heterocycles. The number of benzene rings is 3. The number of carboxylic acid groups (broad SMARTS) is 1. The largest absolute Gasteiger partial charge is 0.489 e. The molecule has 0 atom stereocenters. The molecule has 0 saturated heterocycles. The molecule has 0 aliphatic rings. The number of hydrogen-bond donors (Lipinski definition) is 1. The number of hydrogen-bond acceptors (Lipinski definition) is 3. The molecule has 0 bridgehead atoms. The second kappa shape index (κ2) is 12.7. The Balaban J connectivity index is 0.00000187. The Labute approximate surface area is 198 Å². The Morgan fingerprint density at radius 3 is 2.09 bits per heavy atom. The van der Waals surface area contributed by atoms with Gasteiger partial charge in [0.05, 0.1) is 0 Å². The van der Waals surface area contributed by atoms with Crippen LogP contribution in [0, 0.1) is 13.8 Å². The fraction of sp³-hybridized carbons (Fsp3) is 0.345. The molecule has 176 valence electrons. The third-order valence-electron chi connectivity index (χ3n) is 5.35. The molecule has 3 aromatic carbocycles. The summed E-state index contributed by atoms with van der Waals surface area (Å²) in [6.07, 6.45) is 0.801. The number of ether oxygens (including phenoxy) is 2. The summed E-state index contributed by atoms with van der Waals surface area (Å²) in [5.74, 6) is 0.886. The first-order chi connectivity index (χ1) is 15.8. The summed E-state index contributed by atoms with van der Waals surface area (Å²) in [7, 11) is 0. The van der Waals surface area contributed by atoms with Gasteiger partial charge in [-0.1, -0.05) is 70.2 Å². The van der Waals surface area contributed by atoms with Gasteiger partial charge in [-0.05, 0) is 77.8 Å². The van der Waals surface area contributed by atoms with E-state index in [1.165, 1.54) is 16.7 Å². The highest BCUT2D eigenvalue weighted by Gasteiger charge is 2.13. The van der Waals surface area contributed by atoms with Gasteiger partial charge in [-0.3, -0.25) is 0 Å². The van der Waals surface area contributed by atoms with E-state index in [1.807, 2.05) is 58.0 Å². The highest BCUT2D eigenvalue weighted by molar-refractivity contribution is 5.68. The topological polar surface area (TPSA) is 55.8 Å². The average Bonchev–Trinajstić information content (AvgIpc) is 2.81. The molecule has 0 heterocycles. The van der Waals surface area contributed by atoms with Crippen molar-refractivity contribution < 1.29 is 19.4 Å². The van der Waals surface area contributed by atoms with Gasteiger partial charge in [-0.2, -0.15) is 0 Å². The van der Waals surface area contributed by atoms with Crippen LogP contribution in [-0.4, -0.2) is 17.7 Å². The highest BCUT2D eigenvalue weighted by Crippen LogP contribution is 2.31. The first-order valence-electron chi connectivity index (χ1n) is 11.6. The molecular weight excluding hydrogens is 412 g/mol. The van der Waals surface area contributed by atoms with Gasteiger partial charge in [0.1, 0.15) is 18.1 Å². The van der Waals surface area contributed by atoms with Crippen molar-refractivity contribution in [2.45, 2.75) is 60.5 Å². The van der Waals surface area contributed by atoms with Crippen LogP contribution < -0.4 is 9.47 Å². The second-order valence-corrected chi connectivity index (χ2v) is 8.20. The number of carboxylic acids is 1. The minimum atomic E-state index is -0.977. The lowest BCUT2D eigenvalue weighted by atomic mass is 9.93. The maximum absolute atomic E-state index is 10.8. The van der Waals surface area contributed by atoms with Crippen LogP contribution in [0.2, 0.25) is 0 Å². The van der Waals surface area contributed by atoms with Gasteiger partial charge in [0.25, 0.3) is 0 Å². The van der Waals surface area contributed by atoms with Crippen molar-refractivity contribution >= 4 is 5.97 Å². The normalized spacial score (nSPS) is 10.4. The predicted molar refractivity (Wildman–Crippen MR) is 135 cm³/mol. The molecule has 33 heavy (non-hydrogen) atoms. The molecule has 0 saturated carbocycles. The van der Waals surface area contributed by atoms with Crippen LogP contribution in [-0.2, 0) is 17.8 Å². The van der Waals surface area contributed by atoms with Crippen LogP contribution >= 0.6 is 0 Å². The number of aryl methyl sites for hydroxylation is 2. The lowest BCUT2D eigenvalue weighted by Crippen LogP contribution is -2.10. The van der Waals surface area contributed by atoms with Gasteiger partial charge < -0.3 is 14.6 Å². The van der Waals surface area contributed by atoms with Crippen molar-refractivity contribution in [3.05, 3.63) is 94.0 Å². The molecule has 0 aliphatic heterocycles. The van der Waals surface area contributed by atoms with Gasteiger partial charge in [0, 0.05) is 0 Å². The zero-order valence-electron chi connectivity index (χ0n) is 20.6. The Bertz CT molecular complexity index is 1020. The lowest BCUT2D eigenvalue weighted by Gasteiger charge is -2.17. The summed E-state index contributed by atoms with van der Waals surface area (Å²) in [5, 5.41) is 8.82. The van der Waals surface area contributed by atoms with E-state index >= 15 is 0 Å². The van der Waals surface area contributed by atoms with Crippen molar-refractivity contribution in [3.63, 3.8) is 0 Å². The molecule has 4 nitrogen and oxygen atoms in total. The van der Waals surface area contributed by atoms with E-state index in [9.17, 15) is 4.79 Å². The SMILES string of the molecule is CC.Cc1cc(OCC(=O)O)cc(C)c1Cc1ccc(OCc2ccccc2)c(C(C)C)c1. The van der Waals surface area contributed by atoms with Crippen LogP contribution in [0.5, 0.6) is 11.5 Å². The molecule has 0 aliphatic carbocycles. The quantitative estimate of drug-likeness (QED) is 0.380. The maximum Gasteiger partial charge on any atom is 0.341 e. The second-order valence-electron chi connectivity index (χ2n) is 8.20. The molecule has 3 aromatic rings. The molecule has 0 fully saturated rings. The zero-order chi connectivity index (χ0) is 24.4. The third-order valence-corrected chi connectivity index (χ3v) is 5.35. The van der Waals surface area contributed by atoms with Crippen LogP contribution in [0.4, 0.5) is 0 Å². The van der Waals surface area contributed by atoms with Crippen molar-refractivity contribution in [2.24, 2.45) is 0 Å². The summed E-state index contributed by atoms with van der Waals surface area (Å²) in [6, 6.07) is 20.4. The van der Waals surface area contributed by atoms with Crippen LogP contribution in [0.15, 0.2) is 60.7 Å². The minimum absolute atomic E-state index is 0.333. The van der Waals surface area contributed by atoms with E-state index in [4.69, 9.17) is 14.6 Å². The molecule has 0 radical (unpaired) electrons. The summed E-state index contributed by atoms with van der Waals surface area (Å²) in [5.41, 5.74) is 6.99. The highest BCUT2D eigenvalue weighted by atomic mass is 16.5. The van der Waals surface area contributed by atoms with Gasteiger partial charge in [0.2, 0.25) is 0 Å². The monoisotopic (exact) mass is 448 g/mol. The Hall–Kier alpha value is -3.27. The number of carbonyl (C=O) groups is 1. The zero-order valence-corrected chi connectivity index (χ0v) is 20.6. The molecule has 3 rings (SSSR count). The first kappa shape index (κ1) is 26.0. The molecule has 4 heteroatoms. The number of rotatable bonds is 9. The molecule has 0 unspecified atom stereocenters. The van der Waals surface area contributed by atoms with Crippen LogP contribution in [0.3, 0.4) is 0 Å². The van der Waals surface area contributed by atoms with Crippen molar-refractivity contribution in [1.29, 1.82) is 0 Å². The van der Waals surface area contributed by atoms with Gasteiger partial charge in [0.15, 0.2) is 6.61 Å². The summed E-state index contributed by atoms with van der Waals surface area (Å²) in [6.45, 7) is 12.7. The van der Waals surface area contributed by atoms with Crippen molar-refractivity contribution in [2.75, 3.05) is 6.61 Å². The Morgan fingerprint density at radius 2 is 1.52 bits per heavy atom. The van der Waals surface area contributed by atoms with Gasteiger partial charge in [-0.15, -0.1) is 0 Å². The van der Waals surface area contributed by atoms with Crippen molar-refractivity contribution in [1.82, 2.24) is 0 Å². The van der Waals surface area contributed by atoms with Gasteiger partial charge >= 0.3 is 5.97 Å². The van der Waals surface area contributed by atoms with Crippen LogP contribution in [0.1, 0.15) is 67.0 Å². The molecule has 1 N–H and O–H groups in total. The average molecular weight is 449 g/mol. The Morgan fingerprint density at radius 1 is 0.879 bits per heavy atom. The van der Waals surface area contributed by atoms with E-state index in [1.54, 1.807) is 0 Å². The predicted octanol–water partition coefficient (Wildman–Crippen LogP) is 7.09. The van der Waals surface area contributed by atoms with E-state index in [0.717, 1.165) is 28.9 Å². The standard InChI is InChI=1S/C27H30O4.C2H6/c1-18(2)24-14-22(10-11-26(24)31-16-21-8-6-5-7-9-21)15-25-19(3)12-23(13-20(25)4)30-17-27(28)29;1-2/h5-14,18H,15-17H2,1-4H3,(H,28,29);1-2H3. The fourth-order valence-electron chi connectivity index (χ4n) is 3.69. The first-order valence-corrected chi connectivity index (χ1v) is 11.6.